The fraction of sp³-hybridized carbons (Fsp3) is 0.800. The van der Waals surface area contributed by atoms with Crippen LogP contribution in [-0.4, -0.2) is 17.8 Å². The molecule has 0 saturated heterocycles. The first-order valence-corrected chi connectivity index (χ1v) is 3.09. The highest BCUT2D eigenvalue weighted by Gasteiger charge is 2.28. The van der Waals surface area contributed by atoms with E-state index in [1.165, 1.54) is 0 Å². The zero-order valence-electron chi connectivity index (χ0n) is 5.36. The van der Waals surface area contributed by atoms with Crippen LogP contribution in [0.4, 0.5) is 13.2 Å². The smallest absolute Gasteiger partial charge is 0.422 e. The summed E-state index contributed by atoms with van der Waals surface area (Å²) in [5.41, 5.74) is 0. The number of rotatable bonds is 2. The van der Waals surface area contributed by atoms with Gasteiger partial charge in [0.25, 0.3) is 0 Å². The highest BCUT2D eigenvalue weighted by Crippen LogP contribution is 2.14. The third-order valence-electron chi connectivity index (χ3n) is 0.685. The molecule has 0 unspecified atom stereocenters. The highest BCUT2D eigenvalue weighted by molar-refractivity contribution is 7.80. The van der Waals surface area contributed by atoms with Crippen molar-refractivity contribution in [2.45, 2.75) is 19.5 Å². The van der Waals surface area contributed by atoms with Crippen molar-refractivity contribution in [3.8, 4) is 0 Å². The summed E-state index contributed by atoms with van der Waals surface area (Å²) in [5, 5.41) is -0.00248. The van der Waals surface area contributed by atoms with Gasteiger partial charge in [-0.3, -0.25) is 0 Å². The average molecular weight is 172 g/mol. The maximum absolute atomic E-state index is 11.4. The number of ether oxygens (including phenoxy) is 1. The molecule has 0 aromatic carbocycles. The van der Waals surface area contributed by atoms with Gasteiger partial charge in [-0.15, -0.1) is 0 Å². The van der Waals surface area contributed by atoms with Crippen LogP contribution in [-0.2, 0) is 4.74 Å². The van der Waals surface area contributed by atoms with Crippen LogP contribution in [0.5, 0.6) is 0 Å². The third-order valence-corrected chi connectivity index (χ3v) is 1.09. The Morgan fingerprint density at radius 1 is 1.50 bits per heavy atom. The Morgan fingerprint density at radius 2 is 2.00 bits per heavy atom. The molecule has 0 fully saturated rings. The van der Waals surface area contributed by atoms with Gasteiger partial charge in [0.15, 0.2) is 11.7 Å². The van der Waals surface area contributed by atoms with Gasteiger partial charge in [0.2, 0.25) is 0 Å². The van der Waals surface area contributed by atoms with E-state index in [0.29, 0.717) is 6.42 Å². The first kappa shape index (κ1) is 9.68. The molecule has 0 aliphatic carbocycles. The summed E-state index contributed by atoms with van der Waals surface area (Å²) in [6.45, 7) is 0.360. The Hall–Kier alpha value is -0.320. The number of thiocarbonyl (C=S) groups is 1. The van der Waals surface area contributed by atoms with Gasteiger partial charge in [0.05, 0.1) is 0 Å². The van der Waals surface area contributed by atoms with Gasteiger partial charge < -0.3 is 4.74 Å². The van der Waals surface area contributed by atoms with E-state index in [9.17, 15) is 13.2 Å². The molecule has 0 aliphatic heterocycles. The number of hydrogen-bond donors (Lipinski definition) is 0. The van der Waals surface area contributed by atoms with Crippen LogP contribution in [0.2, 0.25) is 0 Å². The van der Waals surface area contributed by atoms with Gasteiger partial charge in [-0.25, -0.2) is 0 Å². The maximum Gasteiger partial charge on any atom is 0.422 e. The van der Waals surface area contributed by atoms with Gasteiger partial charge in [-0.1, -0.05) is 6.92 Å². The van der Waals surface area contributed by atoms with E-state index in [1.807, 2.05) is 0 Å². The minimum Gasteiger partial charge on any atom is -0.478 e. The second kappa shape index (κ2) is 3.75. The van der Waals surface area contributed by atoms with Crippen LogP contribution in [0.15, 0.2) is 0 Å². The van der Waals surface area contributed by atoms with Crippen LogP contribution < -0.4 is 0 Å². The van der Waals surface area contributed by atoms with E-state index in [0.717, 1.165) is 0 Å². The van der Waals surface area contributed by atoms with Crippen molar-refractivity contribution < 1.29 is 17.9 Å². The topological polar surface area (TPSA) is 9.23 Å². The molecule has 0 radical (unpaired) electrons. The molecule has 0 bridgehead atoms. The summed E-state index contributed by atoms with van der Waals surface area (Å²) in [6.07, 6.45) is -3.94. The van der Waals surface area contributed by atoms with Crippen LogP contribution in [0, 0.1) is 0 Å². The number of hydrogen-bond acceptors (Lipinski definition) is 2. The Kier molecular flexibility index (Phi) is 3.63. The molecule has 0 aromatic rings. The van der Waals surface area contributed by atoms with Crippen LogP contribution in [0.3, 0.4) is 0 Å². The molecule has 0 saturated carbocycles. The van der Waals surface area contributed by atoms with E-state index >= 15 is 0 Å². The molecular weight excluding hydrogens is 165 g/mol. The van der Waals surface area contributed by atoms with E-state index in [2.05, 4.69) is 17.0 Å². The van der Waals surface area contributed by atoms with Crippen molar-refractivity contribution in [2.24, 2.45) is 0 Å². The fourth-order valence-corrected chi connectivity index (χ4v) is 0.323. The third kappa shape index (κ3) is 5.81. The second-order valence-corrected chi connectivity index (χ2v) is 2.08. The van der Waals surface area contributed by atoms with Crippen LogP contribution in [0.1, 0.15) is 13.3 Å². The predicted octanol–water partition coefficient (Wildman–Crippen LogP) is 2.30. The van der Waals surface area contributed by atoms with Crippen LogP contribution >= 0.6 is 12.2 Å². The summed E-state index contributed by atoms with van der Waals surface area (Å²) in [6, 6.07) is 0. The first-order valence-electron chi connectivity index (χ1n) is 2.68. The Morgan fingerprint density at radius 3 is 2.30 bits per heavy atom. The molecular formula is C5H7F3OS. The normalized spacial score (nSPS) is 11.2. The first-order chi connectivity index (χ1) is 4.45. The van der Waals surface area contributed by atoms with Gasteiger partial charge >= 0.3 is 6.18 Å². The molecule has 0 aromatic heterocycles. The molecule has 60 valence electrons. The van der Waals surface area contributed by atoms with Crippen molar-refractivity contribution in [1.29, 1.82) is 0 Å². The summed E-state index contributed by atoms with van der Waals surface area (Å²) in [5.74, 6) is 0. The lowest BCUT2D eigenvalue weighted by atomic mass is 10.5. The molecule has 0 rings (SSSR count). The SMILES string of the molecule is CCC(=S)OCC(F)(F)F. The zero-order chi connectivity index (χ0) is 8.20. The molecule has 0 aliphatic rings. The Bertz CT molecular complexity index is 121. The van der Waals surface area contributed by atoms with Crippen molar-refractivity contribution in [3.05, 3.63) is 0 Å². The summed E-state index contributed by atoms with van der Waals surface area (Å²) in [7, 11) is 0. The minimum absolute atomic E-state index is 0.00248. The summed E-state index contributed by atoms with van der Waals surface area (Å²) in [4.78, 5) is 0. The fourth-order valence-electron chi connectivity index (χ4n) is 0.264. The Labute approximate surface area is 62.2 Å². The minimum atomic E-state index is -4.28. The van der Waals surface area contributed by atoms with Crippen LogP contribution in [0.25, 0.3) is 0 Å². The van der Waals surface area contributed by atoms with E-state index in [4.69, 9.17) is 0 Å². The maximum atomic E-state index is 11.4. The zero-order valence-corrected chi connectivity index (χ0v) is 6.18. The quantitative estimate of drug-likeness (QED) is 0.591. The standard InChI is InChI=1S/C5H7F3OS/c1-2-4(10)9-3-5(6,7)8/h2-3H2,1H3. The van der Waals surface area contributed by atoms with Crippen molar-refractivity contribution in [3.63, 3.8) is 0 Å². The molecule has 0 amide bonds. The van der Waals surface area contributed by atoms with Gasteiger partial charge in [0, 0.05) is 6.42 Å². The van der Waals surface area contributed by atoms with Gasteiger partial charge in [-0.2, -0.15) is 13.2 Å². The summed E-state index contributed by atoms with van der Waals surface area (Å²) < 4.78 is 38.3. The summed E-state index contributed by atoms with van der Waals surface area (Å²) >= 11 is 4.40. The van der Waals surface area contributed by atoms with Gasteiger partial charge in [-0.05, 0) is 12.2 Å². The molecule has 0 heterocycles. The molecule has 1 nitrogen and oxygen atoms in total. The van der Waals surface area contributed by atoms with E-state index in [1.54, 1.807) is 6.92 Å². The Balaban J connectivity index is 3.46. The van der Waals surface area contributed by atoms with Crippen molar-refractivity contribution >= 4 is 17.3 Å². The molecule has 5 heteroatoms. The molecule has 0 N–H and O–H groups in total. The monoisotopic (exact) mass is 172 g/mol. The lowest BCUT2D eigenvalue weighted by Gasteiger charge is -2.07. The molecule has 0 spiro atoms. The van der Waals surface area contributed by atoms with E-state index < -0.39 is 12.8 Å². The van der Waals surface area contributed by atoms with Crippen molar-refractivity contribution in [1.82, 2.24) is 0 Å². The van der Waals surface area contributed by atoms with Gasteiger partial charge in [0.1, 0.15) is 0 Å². The average Bonchev–Trinajstić information content (AvgIpc) is 1.81. The molecule has 0 atom stereocenters. The largest absolute Gasteiger partial charge is 0.478 e. The molecule has 10 heavy (non-hydrogen) atoms. The number of alkyl halides is 3. The van der Waals surface area contributed by atoms with Crippen molar-refractivity contribution in [2.75, 3.05) is 6.61 Å². The number of halogens is 3. The predicted molar refractivity (Wildman–Crippen MR) is 34.9 cm³/mol. The van der Waals surface area contributed by atoms with E-state index in [-0.39, 0.29) is 5.05 Å². The highest BCUT2D eigenvalue weighted by atomic mass is 32.1. The lowest BCUT2D eigenvalue weighted by Crippen LogP contribution is -2.18. The lowest BCUT2D eigenvalue weighted by molar-refractivity contribution is -0.155. The second-order valence-electron chi connectivity index (χ2n) is 1.63.